The van der Waals surface area contributed by atoms with E-state index in [1.807, 2.05) is 24.3 Å². The van der Waals surface area contributed by atoms with Crippen LogP contribution in [0.5, 0.6) is 0 Å². The Morgan fingerprint density at radius 3 is 2.43 bits per heavy atom. The second kappa shape index (κ2) is 4.94. The van der Waals surface area contributed by atoms with Crippen molar-refractivity contribution in [3.05, 3.63) is 82.9 Å². The van der Waals surface area contributed by atoms with Gasteiger partial charge in [0.05, 0.1) is 10.7 Å². The number of para-hydroxylation sites is 1. The van der Waals surface area contributed by atoms with Crippen LogP contribution in [0.3, 0.4) is 0 Å². The first kappa shape index (κ1) is 12.5. The van der Waals surface area contributed by atoms with Crippen LogP contribution in [0.25, 0.3) is 11.1 Å². The average molecular weight is 292 g/mol. The average Bonchev–Trinajstić information content (AvgIpc) is 2.87. The molecule has 0 saturated carbocycles. The summed E-state index contributed by atoms with van der Waals surface area (Å²) in [5, 5.41) is 4.13. The van der Waals surface area contributed by atoms with Gasteiger partial charge in [0.2, 0.25) is 0 Å². The van der Waals surface area contributed by atoms with Gasteiger partial charge in [0.1, 0.15) is 0 Å². The van der Waals surface area contributed by atoms with Crippen molar-refractivity contribution in [3.8, 4) is 11.1 Å². The predicted molar refractivity (Wildman–Crippen MR) is 89.4 cm³/mol. The molecule has 0 fully saturated rings. The molecule has 0 radical (unpaired) electrons. The normalized spacial score (nSPS) is 11.9. The van der Waals surface area contributed by atoms with E-state index in [0.717, 1.165) is 22.8 Å². The fourth-order valence-electron chi connectivity index (χ4n) is 2.94. The molecule has 4 rings (SSSR count). The van der Waals surface area contributed by atoms with E-state index in [4.69, 9.17) is 11.6 Å². The quantitative estimate of drug-likeness (QED) is 0.503. The summed E-state index contributed by atoms with van der Waals surface area (Å²) in [4.78, 5) is 0. The second-order valence-electron chi connectivity index (χ2n) is 5.31. The molecule has 0 aromatic heterocycles. The van der Waals surface area contributed by atoms with Crippen LogP contribution in [0.2, 0.25) is 5.02 Å². The van der Waals surface area contributed by atoms with Crippen LogP contribution < -0.4 is 5.32 Å². The molecule has 2 heteroatoms. The van der Waals surface area contributed by atoms with E-state index in [1.165, 1.54) is 22.3 Å². The number of hydrogen-bond acceptors (Lipinski definition) is 1. The highest BCUT2D eigenvalue weighted by Crippen LogP contribution is 2.38. The summed E-state index contributed by atoms with van der Waals surface area (Å²) in [5.41, 5.74) is 7.49. The number of anilines is 2. The van der Waals surface area contributed by atoms with Gasteiger partial charge >= 0.3 is 0 Å². The third kappa shape index (κ3) is 2.20. The minimum absolute atomic E-state index is 0.737. The predicted octanol–water partition coefficient (Wildman–Crippen LogP) is 5.65. The molecular formula is C19H14ClN. The zero-order valence-electron chi connectivity index (χ0n) is 11.4. The summed E-state index contributed by atoms with van der Waals surface area (Å²) in [7, 11) is 0. The van der Waals surface area contributed by atoms with Crippen LogP contribution in [-0.2, 0) is 6.42 Å². The fraction of sp³-hybridized carbons (Fsp3) is 0.0526. The van der Waals surface area contributed by atoms with Crippen molar-refractivity contribution >= 4 is 23.0 Å². The Morgan fingerprint density at radius 2 is 1.52 bits per heavy atom. The molecule has 0 saturated heterocycles. The van der Waals surface area contributed by atoms with Crippen molar-refractivity contribution in [1.82, 2.24) is 0 Å². The zero-order chi connectivity index (χ0) is 14.2. The van der Waals surface area contributed by atoms with Gasteiger partial charge in [0.15, 0.2) is 0 Å². The van der Waals surface area contributed by atoms with Crippen LogP contribution in [0.4, 0.5) is 11.4 Å². The molecule has 1 nitrogen and oxygen atoms in total. The van der Waals surface area contributed by atoms with Crippen LogP contribution in [0.1, 0.15) is 11.1 Å². The van der Waals surface area contributed by atoms with E-state index in [9.17, 15) is 0 Å². The Morgan fingerprint density at radius 1 is 0.762 bits per heavy atom. The summed E-state index contributed by atoms with van der Waals surface area (Å²) < 4.78 is 0. The van der Waals surface area contributed by atoms with E-state index < -0.39 is 0 Å². The number of fused-ring (bicyclic) bond motifs is 3. The monoisotopic (exact) mass is 291 g/mol. The first-order chi connectivity index (χ1) is 10.3. The number of rotatable bonds is 2. The fourth-order valence-corrected chi connectivity index (χ4v) is 3.12. The summed E-state index contributed by atoms with van der Waals surface area (Å²) in [5.74, 6) is 0. The molecule has 1 aliphatic carbocycles. The minimum Gasteiger partial charge on any atom is -0.354 e. The first-order valence-electron chi connectivity index (χ1n) is 7.04. The lowest BCUT2D eigenvalue weighted by Gasteiger charge is -2.10. The van der Waals surface area contributed by atoms with Gasteiger partial charge in [-0.05, 0) is 52.9 Å². The van der Waals surface area contributed by atoms with E-state index in [2.05, 4.69) is 47.8 Å². The van der Waals surface area contributed by atoms with Gasteiger partial charge in [-0.25, -0.2) is 0 Å². The van der Waals surface area contributed by atoms with Crippen molar-refractivity contribution in [2.24, 2.45) is 0 Å². The van der Waals surface area contributed by atoms with E-state index in [-0.39, 0.29) is 0 Å². The summed E-state index contributed by atoms with van der Waals surface area (Å²) in [6, 6.07) is 22.9. The minimum atomic E-state index is 0.737. The topological polar surface area (TPSA) is 12.0 Å². The Balaban J connectivity index is 1.69. The molecule has 0 amide bonds. The summed E-state index contributed by atoms with van der Waals surface area (Å²) >= 11 is 6.20. The standard InChI is InChI=1S/C19H14ClN/c20-18-7-3-4-8-19(18)21-15-9-10-17-14(12-15)11-13-5-1-2-6-16(13)17/h1-10,12,21H,11H2. The van der Waals surface area contributed by atoms with E-state index in [1.54, 1.807) is 0 Å². The number of hydrogen-bond donors (Lipinski definition) is 1. The molecule has 0 bridgehead atoms. The maximum atomic E-state index is 6.20. The lowest BCUT2D eigenvalue weighted by molar-refractivity contribution is 1.26. The smallest absolute Gasteiger partial charge is 0.0640 e. The summed E-state index contributed by atoms with van der Waals surface area (Å²) in [6.45, 7) is 0. The molecule has 0 unspecified atom stereocenters. The van der Waals surface area contributed by atoms with Crippen molar-refractivity contribution in [2.75, 3.05) is 5.32 Å². The molecule has 3 aromatic rings. The third-order valence-electron chi connectivity index (χ3n) is 3.95. The molecular weight excluding hydrogens is 278 g/mol. The molecule has 1 aliphatic rings. The SMILES string of the molecule is Clc1ccccc1Nc1ccc2c(c1)Cc1ccccc1-2. The Bertz CT molecular complexity index is 823. The molecule has 3 aromatic carbocycles. The van der Waals surface area contributed by atoms with E-state index in [0.29, 0.717) is 0 Å². The highest BCUT2D eigenvalue weighted by Gasteiger charge is 2.17. The van der Waals surface area contributed by atoms with Gasteiger partial charge < -0.3 is 5.32 Å². The largest absolute Gasteiger partial charge is 0.354 e. The van der Waals surface area contributed by atoms with Gasteiger partial charge in [-0.1, -0.05) is 54.1 Å². The molecule has 1 N–H and O–H groups in total. The molecule has 0 aliphatic heterocycles. The van der Waals surface area contributed by atoms with Gasteiger partial charge in [-0.3, -0.25) is 0 Å². The Kier molecular flexibility index (Phi) is 2.94. The molecule has 0 spiro atoms. The van der Waals surface area contributed by atoms with Crippen LogP contribution in [-0.4, -0.2) is 0 Å². The maximum Gasteiger partial charge on any atom is 0.0640 e. The van der Waals surface area contributed by atoms with Gasteiger partial charge in [0, 0.05) is 5.69 Å². The Labute approximate surface area is 129 Å². The van der Waals surface area contributed by atoms with Gasteiger partial charge in [-0.15, -0.1) is 0 Å². The first-order valence-corrected chi connectivity index (χ1v) is 7.42. The molecule has 0 heterocycles. The molecule has 21 heavy (non-hydrogen) atoms. The van der Waals surface area contributed by atoms with Crippen LogP contribution in [0.15, 0.2) is 66.7 Å². The third-order valence-corrected chi connectivity index (χ3v) is 4.28. The zero-order valence-corrected chi connectivity index (χ0v) is 12.2. The lowest BCUT2D eigenvalue weighted by Crippen LogP contribution is -1.92. The van der Waals surface area contributed by atoms with Crippen LogP contribution >= 0.6 is 11.6 Å². The van der Waals surface area contributed by atoms with Crippen molar-refractivity contribution in [3.63, 3.8) is 0 Å². The van der Waals surface area contributed by atoms with Crippen molar-refractivity contribution in [2.45, 2.75) is 6.42 Å². The molecule has 102 valence electrons. The molecule has 0 atom stereocenters. The summed E-state index contributed by atoms with van der Waals surface area (Å²) in [6.07, 6.45) is 1.00. The number of benzene rings is 3. The number of nitrogens with one attached hydrogen (secondary N) is 1. The highest BCUT2D eigenvalue weighted by molar-refractivity contribution is 6.33. The van der Waals surface area contributed by atoms with Gasteiger partial charge in [0.25, 0.3) is 0 Å². The number of halogens is 1. The van der Waals surface area contributed by atoms with Crippen molar-refractivity contribution in [1.29, 1.82) is 0 Å². The van der Waals surface area contributed by atoms with Crippen LogP contribution in [0, 0.1) is 0 Å². The highest BCUT2D eigenvalue weighted by atomic mass is 35.5. The van der Waals surface area contributed by atoms with Gasteiger partial charge in [-0.2, -0.15) is 0 Å². The Hall–Kier alpha value is -2.25. The lowest BCUT2D eigenvalue weighted by atomic mass is 10.1. The second-order valence-corrected chi connectivity index (χ2v) is 5.72. The van der Waals surface area contributed by atoms with Crippen molar-refractivity contribution < 1.29 is 0 Å². The maximum absolute atomic E-state index is 6.20. The van der Waals surface area contributed by atoms with E-state index >= 15 is 0 Å².